The quantitative estimate of drug-likeness (QED) is 0.726. The Morgan fingerprint density at radius 3 is 2.78 bits per heavy atom. The molecule has 4 aliphatic carbocycles. The van der Waals surface area contributed by atoms with Crippen molar-refractivity contribution >= 4 is 11.8 Å². The number of ether oxygens (including phenoxy) is 1. The maximum Gasteiger partial charge on any atom is 0.338 e. The molecule has 4 rings (SSSR count). The predicted octanol–water partition coefficient (Wildman–Crippen LogP) is 2.56. The molecule has 0 aromatic rings. The van der Waals surface area contributed by atoms with Crippen molar-refractivity contribution in [3.05, 3.63) is 23.8 Å². The zero-order valence-electron chi connectivity index (χ0n) is 16.4. The molecule has 148 valence electrons. The van der Waals surface area contributed by atoms with Gasteiger partial charge in [-0.2, -0.15) is 0 Å². The van der Waals surface area contributed by atoms with E-state index in [0.717, 1.165) is 24.8 Å². The Kier molecular flexibility index (Phi) is 4.21. The lowest BCUT2D eigenvalue weighted by Crippen LogP contribution is -2.61. The van der Waals surface area contributed by atoms with Gasteiger partial charge in [-0.1, -0.05) is 25.5 Å². The Bertz CT molecular complexity index is 739. The molecule has 0 bridgehead atoms. The van der Waals surface area contributed by atoms with E-state index < -0.39 is 23.1 Å². The van der Waals surface area contributed by atoms with Gasteiger partial charge in [0.1, 0.15) is 0 Å². The number of fused-ring (bicyclic) bond motifs is 5. The SMILES string of the molecule is CCOC(=O)C1(O)CC[C@H]2[C@@H]3CCC4=CC(=O)C=C[C@]4(C)[C@@H]3C(O)C[C@@]21C. The molecule has 0 saturated heterocycles. The summed E-state index contributed by atoms with van der Waals surface area (Å²) in [6.45, 7) is 6.06. The second-order valence-corrected chi connectivity index (χ2v) is 9.33. The minimum absolute atomic E-state index is 0.00414. The first-order chi connectivity index (χ1) is 12.7. The third kappa shape index (κ3) is 2.37. The Morgan fingerprint density at radius 1 is 1.33 bits per heavy atom. The lowest BCUT2D eigenvalue weighted by molar-refractivity contribution is -0.196. The average molecular weight is 374 g/mol. The van der Waals surface area contributed by atoms with Gasteiger partial charge >= 0.3 is 5.97 Å². The van der Waals surface area contributed by atoms with Crippen LogP contribution in [0.25, 0.3) is 0 Å². The number of carbonyl (C=O) groups is 2. The Balaban J connectivity index is 1.72. The van der Waals surface area contributed by atoms with Crippen molar-refractivity contribution < 1.29 is 24.5 Å². The van der Waals surface area contributed by atoms with Crippen LogP contribution in [0.15, 0.2) is 23.8 Å². The molecule has 0 aromatic carbocycles. The first-order valence-corrected chi connectivity index (χ1v) is 10.2. The van der Waals surface area contributed by atoms with Crippen LogP contribution in [0.5, 0.6) is 0 Å². The van der Waals surface area contributed by atoms with Gasteiger partial charge in [-0.25, -0.2) is 4.79 Å². The summed E-state index contributed by atoms with van der Waals surface area (Å²) >= 11 is 0. The van der Waals surface area contributed by atoms with Gasteiger partial charge in [-0.05, 0) is 63.0 Å². The Morgan fingerprint density at radius 2 is 2.07 bits per heavy atom. The largest absolute Gasteiger partial charge is 0.464 e. The lowest BCUT2D eigenvalue weighted by Gasteiger charge is -2.59. The van der Waals surface area contributed by atoms with E-state index in [1.54, 1.807) is 19.1 Å². The van der Waals surface area contributed by atoms with E-state index in [1.807, 2.05) is 13.0 Å². The summed E-state index contributed by atoms with van der Waals surface area (Å²) in [6.07, 6.45) is 7.92. The number of rotatable bonds is 2. The van der Waals surface area contributed by atoms with Crippen LogP contribution in [0.3, 0.4) is 0 Å². The van der Waals surface area contributed by atoms with Gasteiger partial charge < -0.3 is 14.9 Å². The van der Waals surface area contributed by atoms with Crippen LogP contribution in [-0.2, 0) is 14.3 Å². The van der Waals surface area contributed by atoms with E-state index in [0.29, 0.717) is 12.8 Å². The summed E-state index contributed by atoms with van der Waals surface area (Å²) in [5.74, 6) is -0.156. The second kappa shape index (κ2) is 6.02. The number of hydrogen-bond acceptors (Lipinski definition) is 5. The van der Waals surface area contributed by atoms with Crippen molar-refractivity contribution in [1.29, 1.82) is 0 Å². The normalized spacial score (nSPS) is 48.3. The number of aliphatic hydroxyl groups excluding tert-OH is 1. The Labute approximate surface area is 160 Å². The molecule has 0 heterocycles. The fraction of sp³-hybridized carbons (Fsp3) is 0.727. The molecule has 5 nitrogen and oxygen atoms in total. The van der Waals surface area contributed by atoms with Crippen molar-refractivity contribution in [2.45, 2.75) is 64.6 Å². The van der Waals surface area contributed by atoms with E-state index in [-0.39, 0.29) is 35.6 Å². The topological polar surface area (TPSA) is 83.8 Å². The van der Waals surface area contributed by atoms with Crippen LogP contribution in [0.1, 0.15) is 52.9 Å². The van der Waals surface area contributed by atoms with Gasteiger partial charge in [-0.15, -0.1) is 0 Å². The van der Waals surface area contributed by atoms with Crippen molar-refractivity contribution in [3.8, 4) is 0 Å². The van der Waals surface area contributed by atoms with Crippen molar-refractivity contribution in [2.75, 3.05) is 6.61 Å². The summed E-state index contributed by atoms with van der Waals surface area (Å²) in [6, 6.07) is 0. The minimum atomic E-state index is -1.53. The zero-order chi connectivity index (χ0) is 19.6. The van der Waals surface area contributed by atoms with E-state index >= 15 is 0 Å². The summed E-state index contributed by atoms with van der Waals surface area (Å²) in [5.41, 5.74) is -1.44. The smallest absolute Gasteiger partial charge is 0.338 e. The molecule has 3 fully saturated rings. The first kappa shape index (κ1) is 18.9. The fourth-order valence-corrected chi connectivity index (χ4v) is 6.92. The third-order valence-electron chi connectivity index (χ3n) is 8.26. The van der Waals surface area contributed by atoms with E-state index in [9.17, 15) is 19.8 Å². The van der Waals surface area contributed by atoms with Gasteiger partial charge in [0, 0.05) is 16.7 Å². The maximum atomic E-state index is 12.6. The highest BCUT2D eigenvalue weighted by molar-refractivity contribution is 6.01. The summed E-state index contributed by atoms with van der Waals surface area (Å²) in [4.78, 5) is 24.5. The van der Waals surface area contributed by atoms with Crippen molar-refractivity contribution in [3.63, 3.8) is 0 Å². The molecule has 2 unspecified atom stereocenters. The molecule has 3 saturated carbocycles. The highest BCUT2D eigenvalue weighted by Gasteiger charge is 2.68. The lowest BCUT2D eigenvalue weighted by atomic mass is 9.46. The number of hydrogen-bond donors (Lipinski definition) is 2. The predicted molar refractivity (Wildman–Crippen MR) is 99.6 cm³/mol. The molecule has 0 amide bonds. The van der Waals surface area contributed by atoms with Crippen LogP contribution in [-0.4, -0.2) is 40.3 Å². The summed E-state index contributed by atoms with van der Waals surface area (Å²) in [5, 5.41) is 22.6. The van der Waals surface area contributed by atoms with Gasteiger partial charge in [0.15, 0.2) is 11.4 Å². The number of esters is 1. The van der Waals surface area contributed by atoms with Crippen LogP contribution < -0.4 is 0 Å². The molecule has 0 spiro atoms. The maximum absolute atomic E-state index is 12.6. The minimum Gasteiger partial charge on any atom is -0.464 e. The number of ketones is 1. The van der Waals surface area contributed by atoms with Gasteiger partial charge in [-0.3, -0.25) is 4.79 Å². The van der Waals surface area contributed by atoms with Crippen LogP contribution in [0.4, 0.5) is 0 Å². The molecule has 2 N–H and O–H groups in total. The summed E-state index contributed by atoms with van der Waals surface area (Å²) in [7, 11) is 0. The van der Waals surface area contributed by atoms with Gasteiger partial charge in [0.05, 0.1) is 12.7 Å². The molecule has 27 heavy (non-hydrogen) atoms. The molecule has 0 radical (unpaired) electrons. The van der Waals surface area contributed by atoms with Crippen molar-refractivity contribution in [1.82, 2.24) is 0 Å². The molecular formula is C22H30O5. The number of aliphatic hydroxyl groups is 2. The van der Waals surface area contributed by atoms with Gasteiger partial charge in [0.25, 0.3) is 0 Å². The molecule has 0 aliphatic heterocycles. The zero-order valence-corrected chi connectivity index (χ0v) is 16.4. The van der Waals surface area contributed by atoms with E-state index in [1.165, 1.54) is 0 Å². The van der Waals surface area contributed by atoms with E-state index in [4.69, 9.17) is 4.74 Å². The molecular weight excluding hydrogens is 344 g/mol. The average Bonchev–Trinajstić information content (AvgIpc) is 2.87. The summed E-state index contributed by atoms with van der Waals surface area (Å²) < 4.78 is 5.20. The highest BCUT2D eigenvalue weighted by Crippen LogP contribution is 2.67. The number of allylic oxidation sites excluding steroid dienone is 4. The van der Waals surface area contributed by atoms with Gasteiger partial charge in [0.2, 0.25) is 0 Å². The first-order valence-electron chi connectivity index (χ1n) is 10.2. The van der Waals surface area contributed by atoms with Crippen LogP contribution in [0.2, 0.25) is 0 Å². The van der Waals surface area contributed by atoms with Crippen LogP contribution in [0, 0.1) is 28.6 Å². The standard InChI is InChI=1S/C22H30O5/c1-4-27-19(25)22(26)10-8-16-15-6-5-13-11-14(23)7-9-20(13,2)18(15)17(24)12-21(16,22)3/h7,9,11,15-18,24,26H,4-6,8,10,12H2,1-3H3/t15-,16-,17?,18-,20-,21-,22?/m0/s1. The molecule has 7 atom stereocenters. The highest BCUT2D eigenvalue weighted by atomic mass is 16.5. The Hall–Kier alpha value is -1.46. The monoisotopic (exact) mass is 374 g/mol. The number of carbonyl (C=O) groups excluding carboxylic acids is 2. The third-order valence-corrected chi connectivity index (χ3v) is 8.26. The molecule has 4 aliphatic rings. The van der Waals surface area contributed by atoms with Crippen molar-refractivity contribution in [2.24, 2.45) is 28.6 Å². The molecule has 0 aromatic heterocycles. The fourth-order valence-electron chi connectivity index (χ4n) is 6.92. The van der Waals surface area contributed by atoms with E-state index in [2.05, 4.69) is 6.92 Å². The van der Waals surface area contributed by atoms with Crippen LogP contribution >= 0.6 is 0 Å². The second-order valence-electron chi connectivity index (χ2n) is 9.33. The molecule has 5 heteroatoms.